The minimum absolute atomic E-state index is 0.580. The van der Waals surface area contributed by atoms with Crippen molar-refractivity contribution >= 4 is 17.4 Å². The predicted molar refractivity (Wildman–Crippen MR) is 74.2 cm³/mol. The SMILES string of the molecule is COc1ccc(-n2nc(N(C)C)cc2C)cc1Cl. The molecule has 0 saturated carbocycles. The zero-order valence-corrected chi connectivity index (χ0v) is 11.7. The monoisotopic (exact) mass is 265 g/mol. The van der Waals surface area contributed by atoms with E-state index in [4.69, 9.17) is 16.3 Å². The summed E-state index contributed by atoms with van der Waals surface area (Å²) in [6.45, 7) is 2.01. The fraction of sp³-hybridized carbons (Fsp3) is 0.308. The standard InChI is InChI=1S/C13H16ClN3O/c1-9-7-13(16(2)3)15-17(9)10-5-6-12(18-4)11(14)8-10/h5-8H,1-4H3. The van der Waals surface area contributed by atoms with E-state index in [-0.39, 0.29) is 0 Å². The van der Waals surface area contributed by atoms with Crippen LogP contribution in [-0.2, 0) is 0 Å². The van der Waals surface area contributed by atoms with Crippen molar-refractivity contribution in [2.75, 3.05) is 26.1 Å². The van der Waals surface area contributed by atoms with E-state index in [9.17, 15) is 0 Å². The van der Waals surface area contributed by atoms with Gasteiger partial charge in [0, 0.05) is 25.9 Å². The number of ether oxygens (including phenoxy) is 1. The van der Waals surface area contributed by atoms with E-state index in [1.807, 2.05) is 54.9 Å². The quantitative estimate of drug-likeness (QED) is 0.855. The van der Waals surface area contributed by atoms with Gasteiger partial charge in [0.2, 0.25) is 0 Å². The van der Waals surface area contributed by atoms with Crippen LogP contribution in [0.25, 0.3) is 5.69 Å². The van der Waals surface area contributed by atoms with Crippen molar-refractivity contribution in [2.24, 2.45) is 0 Å². The Kier molecular flexibility index (Phi) is 3.48. The van der Waals surface area contributed by atoms with Crippen molar-refractivity contribution in [1.82, 2.24) is 9.78 Å². The Bertz CT molecular complexity index is 563. The molecule has 96 valence electrons. The Labute approximate surface area is 112 Å². The molecule has 18 heavy (non-hydrogen) atoms. The highest BCUT2D eigenvalue weighted by Crippen LogP contribution is 2.27. The topological polar surface area (TPSA) is 30.3 Å². The van der Waals surface area contributed by atoms with E-state index in [2.05, 4.69) is 5.10 Å². The number of aryl methyl sites for hydroxylation is 1. The smallest absolute Gasteiger partial charge is 0.150 e. The van der Waals surface area contributed by atoms with Crippen LogP contribution in [0.1, 0.15) is 5.69 Å². The Balaban J connectivity index is 2.45. The molecular formula is C13H16ClN3O. The normalized spacial score (nSPS) is 10.5. The molecule has 0 spiro atoms. The Morgan fingerprint density at radius 2 is 2.00 bits per heavy atom. The lowest BCUT2D eigenvalue weighted by atomic mass is 10.3. The number of methoxy groups -OCH3 is 1. The van der Waals surface area contributed by atoms with Gasteiger partial charge in [0.15, 0.2) is 5.82 Å². The Morgan fingerprint density at radius 3 is 2.50 bits per heavy atom. The maximum Gasteiger partial charge on any atom is 0.150 e. The van der Waals surface area contributed by atoms with Gasteiger partial charge in [-0.2, -0.15) is 5.10 Å². The fourth-order valence-electron chi connectivity index (χ4n) is 1.73. The van der Waals surface area contributed by atoms with E-state index >= 15 is 0 Å². The highest BCUT2D eigenvalue weighted by atomic mass is 35.5. The molecule has 0 aliphatic carbocycles. The summed E-state index contributed by atoms with van der Waals surface area (Å²) in [7, 11) is 5.53. The minimum Gasteiger partial charge on any atom is -0.495 e. The maximum atomic E-state index is 6.12. The Morgan fingerprint density at radius 1 is 1.28 bits per heavy atom. The molecule has 2 aromatic rings. The highest BCUT2D eigenvalue weighted by Gasteiger charge is 2.09. The number of benzene rings is 1. The van der Waals surface area contributed by atoms with Crippen molar-refractivity contribution in [3.8, 4) is 11.4 Å². The maximum absolute atomic E-state index is 6.12. The van der Waals surface area contributed by atoms with Crippen LogP contribution in [0.15, 0.2) is 24.3 Å². The lowest BCUT2D eigenvalue weighted by Gasteiger charge is -2.09. The van der Waals surface area contributed by atoms with Crippen molar-refractivity contribution in [2.45, 2.75) is 6.92 Å². The first-order chi connectivity index (χ1) is 8.52. The third-order valence-electron chi connectivity index (χ3n) is 2.71. The lowest BCUT2D eigenvalue weighted by molar-refractivity contribution is 0.415. The van der Waals surface area contributed by atoms with Gasteiger partial charge in [-0.3, -0.25) is 0 Å². The van der Waals surface area contributed by atoms with E-state index in [0.29, 0.717) is 10.8 Å². The number of hydrogen-bond donors (Lipinski definition) is 0. The van der Waals surface area contributed by atoms with Crippen LogP contribution in [0, 0.1) is 6.92 Å². The van der Waals surface area contributed by atoms with Gasteiger partial charge >= 0.3 is 0 Å². The van der Waals surface area contributed by atoms with Gasteiger partial charge < -0.3 is 9.64 Å². The van der Waals surface area contributed by atoms with Crippen molar-refractivity contribution in [3.05, 3.63) is 35.0 Å². The van der Waals surface area contributed by atoms with Gasteiger partial charge in [-0.05, 0) is 25.1 Å². The average molecular weight is 266 g/mol. The summed E-state index contributed by atoms with van der Waals surface area (Å²) in [5.41, 5.74) is 1.98. The van der Waals surface area contributed by atoms with Gasteiger partial charge in [-0.25, -0.2) is 4.68 Å². The number of anilines is 1. The van der Waals surface area contributed by atoms with Crippen LogP contribution in [0.3, 0.4) is 0 Å². The predicted octanol–water partition coefficient (Wildman–Crippen LogP) is 2.91. The van der Waals surface area contributed by atoms with Crippen molar-refractivity contribution in [1.29, 1.82) is 0 Å². The molecule has 1 heterocycles. The number of aromatic nitrogens is 2. The summed E-state index contributed by atoms with van der Waals surface area (Å²) < 4.78 is 7.00. The molecule has 1 aromatic carbocycles. The van der Waals surface area contributed by atoms with Gasteiger partial charge in [-0.15, -0.1) is 0 Å². The van der Waals surface area contributed by atoms with Crippen LogP contribution in [-0.4, -0.2) is 31.0 Å². The van der Waals surface area contributed by atoms with E-state index < -0.39 is 0 Å². The molecule has 0 fully saturated rings. The molecule has 0 saturated heterocycles. The molecule has 0 bridgehead atoms. The lowest BCUT2D eigenvalue weighted by Crippen LogP contribution is -2.09. The summed E-state index contributed by atoms with van der Waals surface area (Å²) in [5.74, 6) is 1.58. The Hall–Kier alpha value is -1.68. The summed E-state index contributed by atoms with van der Waals surface area (Å²) in [4.78, 5) is 1.97. The number of hydrogen-bond acceptors (Lipinski definition) is 3. The zero-order valence-electron chi connectivity index (χ0n) is 10.9. The molecule has 5 heteroatoms. The molecule has 0 unspecified atom stereocenters. The third-order valence-corrected chi connectivity index (χ3v) is 3.01. The largest absolute Gasteiger partial charge is 0.495 e. The van der Waals surface area contributed by atoms with E-state index in [1.165, 1.54) is 0 Å². The number of rotatable bonds is 3. The molecular weight excluding hydrogens is 250 g/mol. The molecule has 4 nitrogen and oxygen atoms in total. The van der Waals surface area contributed by atoms with E-state index in [0.717, 1.165) is 17.2 Å². The van der Waals surface area contributed by atoms with Crippen LogP contribution in [0.4, 0.5) is 5.82 Å². The highest BCUT2D eigenvalue weighted by molar-refractivity contribution is 6.32. The summed E-state index contributed by atoms with van der Waals surface area (Å²) >= 11 is 6.12. The number of nitrogens with zero attached hydrogens (tertiary/aromatic N) is 3. The summed E-state index contributed by atoms with van der Waals surface area (Å²) in [6.07, 6.45) is 0. The molecule has 0 aliphatic rings. The van der Waals surface area contributed by atoms with Gasteiger partial charge in [0.25, 0.3) is 0 Å². The minimum atomic E-state index is 0.580. The molecule has 0 amide bonds. The molecule has 0 radical (unpaired) electrons. The second-order valence-corrected chi connectivity index (χ2v) is 4.68. The molecule has 0 atom stereocenters. The van der Waals surface area contributed by atoms with Crippen LogP contribution in [0.5, 0.6) is 5.75 Å². The number of halogens is 1. The molecule has 2 rings (SSSR count). The van der Waals surface area contributed by atoms with Crippen molar-refractivity contribution in [3.63, 3.8) is 0 Å². The summed E-state index contributed by atoms with van der Waals surface area (Å²) in [6, 6.07) is 7.65. The first-order valence-electron chi connectivity index (χ1n) is 5.61. The van der Waals surface area contributed by atoms with E-state index in [1.54, 1.807) is 7.11 Å². The van der Waals surface area contributed by atoms with Crippen LogP contribution < -0.4 is 9.64 Å². The van der Waals surface area contributed by atoms with Gasteiger partial charge in [0.05, 0.1) is 17.8 Å². The first kappa shape index (κ1) is 12.8. The zero-order chi connectivity index (χ0) is 13.3. The van der Waals surface area contributed by atoms with Gasteiger partial charge in [-0.1, -0.05) is 11.6 Å². The molecule has 1 aromatic heterocycles. The second-order valence-electron chi connectivity index (χ2n) is 4.27. The van der Waals surface area contributed by atoms with Crippen molar-refractivity contribution < 1.29 is 4.74 Å². The van der Waals surface area contributed by atoms with Crippen LogP contribution in [0.2, 0.25) is 5.02 Å². The molecule has 0 N–H and O–H groups in total. The summed E-state index contributed by atoms with van der Waals surface area (Å²) in [5, 5.41) is 5.10. The molecule has 0 aliphatic heterocycles. The second kappa shape index (κ2) is 4.90. The fourth-order valence-corrected chi connectivity index (χ4v) is 1.98. The van der Waals surface area contributed by atoms with Crippen LogP contribution >= 0.6 is 11.6 Å². The third kappa shape index (κ3) is 2.29. The average Bonchev–Trinajstić information content (AvgIpc) is 2.71. The van der Waals surface area contributed by atoms with Gasteiger partial charge in [0.1, 0.15) is 5.75 Å². The first-order valence-corrected chi connectivity index (χ1v) is 5.98.